The van der Waals surface area contributed by atoms with Gasteiger partial charge in [-0.05, 0) is 117 Å². The van der Waals surface area contributed by atoms with Crippen LogP contribution in [0, 0.1) is 46.8 Å². The van der Waals surface area contributed by atoms with Gasteiger partial charge in [-0.2, -0.15) is 4.31 Å². The third kappa shape index (κ3) is 3.59. The molecule has 0 saturated heterocycles. The van der Waals surface area contributed by atoms with Gasteiger partial charge in [-0.3, -0.25) is 0 Å². The molecule has 9 atom stereocenters. The Labute approximate surface area is 196 Å². The van der Waals surface area contributed by atoms with E-state index in [1.807, 2.05) is 25.2 Å². The zero-order valence-corrected chi connectivity index (χ0v) is 21.4. The number of fused-ring (bicyclic) bond motifs is 5. The molecule has 0 heterocycles. The van der Waals surface area contributed by atoms with Crippen LogP contribution in [0.4, 0.5) is 0 Å². The molecular weight excluding hydrogens is 414 g/mol. The fraction of sp³-hybridized carbons (Fsp3) is 0.786. The SMILES string of the molecule is C[C@H]1CC[C@@H]2C3CC[C@@]4(C)C(CCC4[C@@H](C)N(C)S(=O)(=O)c4ccccc4)[C@@H]3CC[C@@H]2C1. The molecule has 4 heteroatoms. The van der Waals surface area contributed by atoms with Crippen LogP contribution in [0.5, 0.6) is 0 Å². The molecule has 1 aromatic rings. The lowest BCUT2D eigenvalue weighted by Gasteiger charge is -2.57. The van der Waals surface area contributed by atoms with Crippen LogP contribution in [-0.2, 0) is 10.0 Å². The van der Waals surface area contributed by atoms with Crippen molar-refractivity contribution >= 4 is 10.0 Å². The van der Waals surface area contributed by atoms with E-state index >= 15 is 0 Å². The van der Waals surface area contributed by atoms with Crippen LogP contribution >= 0.6 is 0 Å². The number of hydrogen-bond donors (Lipinski definition) is 0. The van der Waals surface area contributed by atoms with Crippen LogP contribution in [-0.4, -0.2) is 25.8 Å². The van der Waals surface area contributed by atoms with Crippen molar-refractivity contribution in [2.75, 3.05) is 7.05 Å². The highest BCUT2D eigenvalue weighted by Gasteiger charge is 2.58. The fourth-order valence-corrected chi connectivity index (χ4v) is 10.6. The van der Waals surface area contributed by atoms with Crippen molar-refractivity contribution in [3.8, 4) is 0 Å². The maximum absolute atomic E-state index is 13.3. The minimum Gasteiger partial charge on any atom is -0.207 e. The standard InChI is InChI=1S/C28H43NO2S/c1-19-10-12-23-21(18-19)11-13-25-24(23)16-17-28(3)26(14-15-27(25)28)20(2)29(4)32(30,31)22-8-6-5-7-9-22/h5-9,19-21,23-27H,10-18H2,1-4H3/t19-,20+,21+,23-,24?,25+,26?,27?,28+/m0/s1. The molecule has 5 rings (SSSR count). The third-order valence-corrected chi connectivity index (χ3v) is 12.8. The third-order valence-electron chi connectivity index (χ3n) is 10.9. The van der Waals surface area contributed by atoms with Crippen molar-refractivity contribution in [2.45, 2.75) is 89.5 Å². The molecule has 4 aliphatic carbocycles. The van der Waals surface area contributed by atoms with Crippen LogP contribution in [0.1, 0.15) is 78.6 Å². The Bertz CT molecular complexity index is 915. The minimum absolute atomic E-state index is 0.0404. The van der Waals surface area contributed by atoms with E-state index in [1.54, 1.807) is 16.4 Å². The summed E-state index contributed by atoms with van der Waals surface area (Å²) in [4.78, 5) is 0.419. The lowest BCUT2D eigenvalue weighted by Crippen LogP contribution is -2.51. The highest BCUT2D eigenvalue weighted by molar-refractivity contribution is 7.89. The summed E-state index contributed by atoms with van der Waals surface area (Å²) in [5, 5.41) is 0. The van der Waals surface area contributed by atoms with E-state index in [4.69, 9.17) is 0 Å². The van der Waals surface area contributed by atoms with Crippen molar-refractivity contribution in [3.63, 3.8) is 0 Å². The second-order valence-corrected chi connectivity index (χ2v) is 14.2. The van der Waals surface area contributed by atoms with Gasteiger partial charge in [-0.25, -0.2) is 8.42 Å². The van der Waals surface area contributed by atoms with E-state index in [9.17, 15) is 8.42 Å². The number of rotatable bonds is 4. The van der Waals surface area contributed by atoms with E-state index < -0.39 is 10.0 Å². The van der Waals surface area contributed by atoms with Crippen molar-refractivity contribution in [1.29, 1.82) is 0 Å². The molecule has 0 spiro atoms. The van der Waals surface area contributed by atoms with Gasteiger partial charge < -0.3 is 0 Å². The van der Waals surface area contributed by atoms with Gasteiger partial charge in [-0.15, -0.1) is 0 Å². The lowest BCUT2D eigenvalue weighted by atomic mass is 9.49. The second kappa shape index (κ2) is 8.41. The van der Waals surface area contributed by atoms with E-state index in [-0.39, 0.29) is 11.5 Å². The summed E-state index contributed by atoms with van der Waals surface area (Å²) in [7, 11) is -1.64. The van der Waals surface area contributed by atoms with Crippen molar-refractivity contribution in [2.24, 2.45) is 46.8 Å². The number of benzene rings is 1. The van der Waals surface area contributed by atoms with Gasteiger partial charge in [0.05, 0.1) is 4.90 Å². The summed E-state index contributed by atoms with van der Waals surface area (Å²) >= 11 is 0. The van der Waals surface area contributed by atoms with Crippen LogP contribution in [0.2, 0.25) is 0 Å². The maximum Gasteiger partial charge on any atom is 0.243 e. The Morgan fingerprint density at radius 2 is 1.66 bits per heavy atom. The first-order valence-electron chi connectivity index (χ1n) is 13.3. The van der Waals surface area contributed by atoms with Crippen LogP contribution in [0.3, 0.4) is 0 Å². The van der Waals surface area contributed by atoms with Crippen LogP contribution < -0.4 is 0 Å². The Kier molecular flexibility index (Phi) is 6.02. The topological polar surface area (TPSA) is 37.4 Å². The average molecular weight is 458 g/mol. The van der Waals surface area contributed by atoms with Crippen LogP contribution in [0.25, 0.3) is 0 Å². The van der Waals surface area contributed by atoms with Gasteiger partial charge in [0.2, 0.25) is 10.0 Å². The zero-order chi connectivity index (χ0) is 22.7. The molecule has 4 saturated carbocycles. The molecule has 0 N–H and O–H groups in total. The quantitative estimate of drug-likeness (QED) is 0.511. The molecule has 0 aliphatic heterocycles. The molecule has 4 aliphatic rings. The number of sulfonamides is 1. The summed E-state index contributed by atoms with van der Waals surface area (Å²) in [5.41, 5.74) is 0.288. The monoisotopic (exact) mass is 457 g/mol. The normalized spacial score (nSPS) is 42.7. The largest absolute Gasteiger partial charge is 0.243 e. The van der Waals surface area contributed by atoms with Crippen molar-refractivity contribution in [1.82, 2.24) is 4.31 Å². The molecule has 3 nitrogen and oxygen atoms in total. The molecule has 32 heavy (non-hydrogen) atoms. The van der Waals surface area contributed by atoms with E-state index in [2.05, 4.69) is 20.8 Å². The predicted molar refractivity (Wildman–Crippen MR) is 131 cm³/mol. The number of nitrogens with zero attached hydrogens (tertiary/aromatic N) is 1. The Morgan fingerprint density at radius 3 is 2.41 bits per heavy atom. The Hall–Kier alpha value is -0.870. The molecule has 0 amide bonds. The van der Waals surface area contributed by atoms with Gasteiger partial charge in [0, 0.05) is 13.1 Å². The fourth-order valence-electron chi connectivity index (χ4n) is 9.15. The summed E-state index contributed by atoms with van der Waals surface area (Å²) in [6.45, 7) is 7.16. The zero-order valence-electron chi connectivity index (χ0n) is 20.5. The first-order valence-corrected chi connectivity index (χ1v) is 14.7. The maximum atomic E-state index is 13.3. The molecule has 1 aromatic carbocycles. The highest BCUT2D eigenvalue weighted by Crippen LogP contribution is 2.65. The van der Waals surface area contributed by atoms with Gasteiger partial charge >= 0.3 is 0 Å². The van der Waals surface area contributed by atoms with E-state index in [1.165, 1.54) is 57.8 Å². The van der Waals surface area contributed by atoms with E-state index in [0.717, 1.165) is 35.5 Å². The van der Waals surface area contributed by atoms with Crippen LogP contribution in [0.15, 0.2) is 35.2 Å². The summed E-state index contributed by atoms with van der Waals surface area (Å²) in [6, 6.07) is 9.02. The molecule has 0 aromatic heterocycles. The molecule has 0 radical (unpaired) electrons. The van der Waals surface area contributed by atoms with Gasteiger partial charge in [0.1, 0.15) is 0 Å². The molecule has 178 valence electrons. The Morgan fingerprint density at radius 1 is 0.938 bits per heavy atom. The average Bonchev–Trinajstić information content (AvgIpc) is 3.15. The molecule has 0 bridgehead atoms. The molecule has 3 unspecified atom stereocenters. The highest BCUT2D eigenvalue weighted by atomic mass is 32.2. The van der Waals surface area contributed by atoms with Crippen molar-refractivity contribution in [3.05, 3.63) is 30.3 Å². The van der Waals surface area contributed by atoms with Gasteiger partial charge in [-0.1, -0.05) is 38.5 Å². The lowest BCUT2D eigenvalue weighted by molar-refractivity contribution is -0.0724. The van der Waals surface area contributed by atoms with Gasteiger partial charge in [0.25, 0.3) is 0 Å². The molecular formula is C28H43NO2S. The van der Waals surface area contributed by atoms with E-state index in [0.29, 0.717) is 10.8 Å². The number of hydrogen-bond acceptors (Lipinski definition) is 2. The van der Waals surface area contributed by atoms with Crippen molar-refractivity contribution < 1.29 is 8.42 Å². The summed E-state index contributed by atoms with van der Waals surface area (Å²) < 4.78 is 28.4. The minimum atomic E-state index is -3.45. The van der Waals surface area contributed by atoms with Gasteiger partial charge in [0.15, 0.2) is 0 Å². The smallest absolute Gasteiger partial charge is 0.207 e. The first kappa shape index (κ1) is 22.9. The molecule has 4 fully saturated rings. The first-order chi connectivity index (χ1) is 15.2. The second-order valence-electron chi connectivity index (χ2n) is 12.2. The predicted octanol–water partition coefficient (Wildman–Crippen LogP) is 6.60. The summed E-state index contributed by atoms with van der Waals surface area (Å²) in [6.07, 6.45) is 12.4. The Balaban J connectivity index is 1.35. The summed E-state index contributed by atoms with van der Waals surface area (Å²) in [5.74, 6) is 5.98.